The zero-order valence-electron chi connectivity index (χ0n) is 16.5. The van der Waals surface area contributed by atoms with E-state index in [0.717, 1.165) is 5.56 Å². The number of hydrogen-bond donors (Lipinski definition) is 1. The van der Waals surface area contributed by atoms with Crippen molar-refractivity contribution in [2.75, 3.05) is 13.2 Å². The highest BCUT2D eigenvalue weighted by Crippen LogP contribution is 2.31. The highest BCUT2D eigenvalue weighted by atomic mass is 35.5. The van der Waals surface area contributed by atoms with E-state index >= 15 is 0 Å². The summed E-state index contributed by atoms with van der Waals surface area (Å²) in [6.45, 7) is 4.80. The van der Waals surface area contributed by atoms with Gasteiger partial charge in [0.05, 0.1) is 13.2 Å². The van der Waals surface area contributed by atoms with E-state index in [0.29, 0.717) is 40.8 Å². The Balaban J connectivity index is 1.69. The van der Waals surface area contributed by atoms with Crippen LogP contribution in [0.25, 0.3) is 0 Å². The van der Waals surface area contributed by atoms with E-state index in [9.17, 15) is 9.59 Å². The SMILES string of the molecule is CCOC(=O)c1nccc(C=O)c1CNC(C)c1cnc(OCC2CC2)c(Cl)c1. The largest absolute Gasteiger partial charge is 0.476 e. The van der Waals surface area contributed by atoms with Gasteiger partial charge >= 0.3 is 5.97 Å². The fraction of sp³-hybridized carbons (Fsp3) is 0.429. The van der Waals surface area contributed by atoms with Gasteiger partial charge in [-0.1, -0.05) is 11.6 Å². The molecule has 1 N–H and O–H groups in total. The molecule has 2 aromatic heterocycles. The predicted octanol–water partition coefficient (Wildman–Crippen LogP) is 3.76. The molecule has 1 fully saturated rings. The van der Waals surface area contributed by atoms with Crippen LogP contribution in [0, 0.1) is 5.92 Å². The van der Waals surface area contributed by atoms with E-state index in [1.807, 2.05) is 13.0 Å². The number of esters is 1. The predicted molar refractivity (Wildman–Crippen MR) is 108 cm³/mol. The quantitative estimate of drug-likeness (QED) is 0.465. The summed E-state index contributed by atoms with van der Waals surface area (Å²) in [5.74, 6) is 0.505. The number of aromatic nitrogens is 2. The summed E-state index contributed by atoms with van der Waals surface area (Å²) in [5.41, 5.74) is 1.89. The Kier molecular flexibility index (Phi) is 7.17. The third-order valence-electron chi connectivity index (χ3n) is 4.75. The monoisotopic (exact) mass is 417 g/mol. The molecule has 0 aliphatic heterocycles. The van der Waals surface area contributed by atoms with Crippen molar-refractivity contribution < 1.29 is 19.1 Å². The van der Waals surface area contributed by atoms with E-state index < -0.39 is 5.97 Å². The van der Waals surface area contributed by atoms with E-state index in [1.165, 1.54) is 19.0 Å². The number of hydrogen-bond acceptors (Lipinski definition) is 7. The zero-order chi connectivity index (χ0) is 20.8. The lowest BCUT2D eigenvalue weighted by Crippen LogP contribution is -2.22. The van der Waals surface area contributed by atoms with Gasteiger partial charge in [0.2, 0.25) is 5.88 Å². The minimum Gasteiger partial charge on any atom is -0.476 e. The zero-order valence-corrected chi connectivity index (χ0v) is 17.2. The summed E-state index contributed by atoms with van der Waals surface area (Å²) in [5, 5.41) is 3.75. The van der Waals surface area contributed by atoms with Gasteiger partial charge < -0.3 is 14.8 Å². The first kappa shape index (κ1) is 21.2. The molecule has 2 heterocycles. The number of carbonyl (C=O) groups excluding carboxylic acids is 2. The lowest BCUT2D eigenvalue weighted by Gasteiger charge is -2.17. The van der Waals surface area contributed by atoms with E-state index in [1.54, 1.807) is 19.2 Å². The van der Waals surface area contributed by atoms with Gasteiger partial charge in [-0.3, -0.25) is 4.79 Å². The fourth-order valence-electron chi connectivity index (χ4n) is 2.82. The molecule has 1 saturated carbocycles. The van der Waals surface area contributed by atoms with Crippen molar-refractivity contribution in [2.45, 2.75) is 39.3 Å². The summed E-state index contributed by atoms with van der Waals surface area (Å²) in [4.78, 5) is 32.0. The van der Waals surface area contributed by atoms with Gasteiger partial charge in [-0.25, -0.2) is 14.8 Å². The average molecular weight is 418 g/mol. The molecular formula is C21H24ClN3O4. The van der Waals surface area contributed by atoms with Gasteiger partial charge in [0.15, 0.2) is 12.0 Å². The maximum atomic E-state index is 12.2. The molecule has 1 atom stereocenters. The van der Waals surface area contributed by atoms with Crippen LogP contribution >= 0.6 is 11.6 Å². The van der Waals surface area contributed by atoms with Crippen LogP contribution in [0.4, 0.5) is 0 Å². The first-order valence-electron chi connectivity index (χ1n) is 9.65. The minimum atomic E-state index is -0.553. The summed E-state index contributed by atoms with van der Waals surface area (Å²) in [6.07, 6.45) is 6.23. The molecule has 29 heavy (non-hydrogen) atoms. The Labute approximate surface area is 174 Å². The van der Waals surface area contributed by atoms with Gasteiger partial charge in [-0.2, -0.15) is 0 Å². The number of pyridine rings is 2. The Morgan fingerprint density at radius 3 is 2.86 bits per heavy atom. The van der Waals surface area contributed by atoms with Crippen LogP contribution in [-0.2, 0) is 11.3 Å². The molecule has 8 heteroatoms. The van der Waals surface area contributed by atoms with Crippen molar-refractivity contribution in [1.82, 2.24) is 15.3 Å². The molecule has 2 aromatic rings. The molecule has 0 aromatic carbocycles. The highest BCUT2D eigenvalue weighted by molar-refractivity contribution is 6.31. The first-order chi connectivity index (χ1) is 14.0. The van der Waals surface area contributed by atoms with Crippen LogP contribution < -0.4 is 10.1 Å². The van der Waals surface area contributed by atoms with Gasteiger partial charge in [0, 0.05) is 36.1 Å². The Morgan fingerprint density at radius 1 is 1.41 bits per heavy atom. The summed E-state index contributed by atoms with van der Waals surface area (Å²) >= 11 is 6.31. The molecule has 1 aliphatic rings. The lowest BCUT2D eigenvalue weighted by molar-refractivity contribution is 0.0517. The first-order valence-corrected chi connectivity index (χ1v) is 10.0. The second kappa shape index (κ2) is 9.80. The van der Waals surface area contributed by atoms with Gasteiger partial charge in [-0.05, 0) is 50.3 Å². The molecular weight excluding hydrogens is 394 g/mol. The van der Waals surface area contributed by atoms with Crippen molar-refractivity contribution in [1.29, 1.82) is 0 Å². The molecule has 7 nitrogen and oxygen atoms in total. The Morgan fingerprint density at radius 2 is 2.21 bits per heavy atom. The van der Waals surface area contributed by atoms with Gasteiger partial charge in [0.25, 0.3) is 0 Å². The van der Waals surface area contributed by atoms with Gasteiger partial charge in [-0.15, -0.1) is 0 Å². The number of halogens is 1. The number of rotatable bonds is 10. The molecule has 0 radical (unpaired) electrons. The number of aldehydes is 1. The normalized spacial score (nSPS) is 14.3. The van der Waals surface area contributed by atoms with Crippen LogP contribution in [0.15, 0.2) is 24.5 Å². The van der Waals surface area contributed by atoms with E-state index in [4.69, 9.17) is 21.1 Å². The second-order valence-electron chi connectivity index (χ2n) is 6.98. The molecule has 3 rings (SSSR count). The van der Waals surface area contributed by atoms with Crippen LogP contribution in [0.1, 0.15) is 64.7 Å². The van der Waals surface area contributed by atoms with E-state index in [-0.39, 0.29) is 24.9 Å². The minimum absolute atomic E-state index is 0.132. The van der Waals surface area contributed by atoms with Crippen molar-refractivity contribution in [3.8, 4) is 5.88 Å². The Hall–Kier alpha value is -2.51. The highest BCUT2D eigenvalue weighted by Gasteiger charge is 2.23. The Bertz CT molecular complexity index is 886. The summed E-state index contributed by atoms with van der Waals surface area (Å²) in [6, 6.07) is 3.25. The number of nitrogens with one attached hydrogen (secondary N) is 1. The smallest absolute Gasteiger partial charge is 0.357 e. The van der Waals surface area contributed by atoms with Crippen LogP contribution in [0.5, 0.6) is 5.88 Å². The third kappa shape index (κ3) is 5.52. The number of carbonyl (C=O) groups is 2. The number of nitrogens with zero attached hydrogens (tertiary/aromatic N) is 2. The van der Waals surface area contributed by atoms with Gasteiger partial charge in [0.1, 0.15) is 5.02 Å². The second-order valence-corrected chi connectivity index (χ2v) is 7.39. The lowest BCUT2D eigenvalue weighted by atomic mass is 10.1. The third-order valence-corrected chi connectivity index (χ3v) is 5.02. The van der Waals surface area contributed by atoms with Crippen molar-refractivity contribution in [2.24, 2.45) is 5.92 Å². The van der Waals surface area contributed by atoms with Crippen LogP contribution in [0.3, 0.4) is 0 Å². The maximum Gasteiger partial charge on any atom is 0.357 e. The topological polar surface area (TPSA) is 90.4 Å². The summed E-state index contributed by atoms with van der Waals surface area (Å²) < 4.78 is 10.7. The average Bonchev–Trinajstić information content (AvgIpc) is 3.55. The fourth-order valence-corrected chi connectivity index (χ4v) is 3.05. The van der Waals surface area contributed by atoms with Crippen molar-refractivity contribution in [3.05, 3.63) is 51.9 Å². The summed E-state index contributed by atoms with van der Waals surface area (Å²) in [7, 11) is 0. The van der Waals surface area contributed by atoms with E-state index in [2.05, 4.69) is 15.3 Å². The molecule has 0 saturated heterocycles. The molecule has 1 aliphatic carbocycles. The molecule has 0 bridgehead atoms. The maximum absolute atomic E-state index is 12.2. The van der Waals surface area contributed by atoms with Crippen molar-refractivity contribution in [3.63, 3.8) is 0 Å². The number of ether oxygens (including phenoxy) is 2. The molecule has 154 valence electrons. The van der Waals surface area contributed by atoms with Crippen LogP contribution in [-0.4, -0.2) is 35.4 Å². The molecule has 0 spiro atoms. The van der Waals surface area contributed by atoms with Crippen LogP contribution in [0.2, 0.25) is 5.02 Å². The molecule has 1 unspecified atom stereocenters. The molecule has 0 amide bonds. The van der Waals surface area contributed by atoms with Crippen molar-refractivity contribution >= 4 is 23.9 Å². The standard InChI is InChI=1S/C21H24ClN3O4/c1-3-28-21(27)19-17(15(11-26)6-7-23-19)10-24-13(2)16-8-18(22)20(25-9-16)29-12-14-4-5-14/h6-9,11,13-14,24H,3-5,10,12H2,1-2H3.